The maximum atomic E-state index is 9.44. The molecule has 0 bridgehead atoms. The molecule has 0 amide bonds. The number of hydrogen-bond donors (Lipinski definition) is 2. The molecule has 0 aliphatic carbocycles. The number of rotatable bonds is 8. The second-order valence-electron chi connectivity index (χ2n) is 5.49. The summed E-state index contributed by atoms with van der Waals surface area (Å²) in [4.78, 5) is 2.20. The highest BCUT2D eigenvalue weighted by molar-refractivity contribution is 5.19. The SMILES string of the molecule is CCNC(c1ccccc1)C(C)CN(C)CC(C)O. The number of benzene rings is 1. The zero-order valence-corrected chi connectivity index (χ0v) is 12.6. The van der Waals surface area contributed by atoms with E-state index in [2.05, 4.69) is 61.4 Å². The molecule has 3 unspecified atom stereocenters. The number of nitrogens with zero attached hydrogens (tertiary/aromatic N) is 1. The number of hydrogen-bond acceptors (Lipinski definition) is 3. The summed E-state index contributed by atoms with van der Waals surface area (Å²) in [6, 6.07) is 11.0. The minimum atomic E-state index is -0.272. The van der Waals surface area contributed by atoms with Crippen LogP contribution in [0.1, 0.15) is 32.4 Å². The van der Waals surface area contributed by atoms with Crippen LogP contribution in [-0.2, 0) is 0 Å². The van der Waals surface area contributed by atoms with E-state index in [9.17, 15) is 5.11 Å². The van der Waals surface area contributed by atoms with Gasteiger partial charge in [-0.1, -0.05) is 44.2 Å². The molecule has 3 heteroatoms. The lowest BCUT2D eigenvalue weighted by Gasteiger charge is -2.29. The first-order valence-electron chi connectivity index (χ1n) is 7.19. The Morgan fingerprint density at radius 3 is 2.32 bits per heavy atom. The minimum absolute atomic E-state index is 0.272. The van der Waals surface area contributed by atoms with Gasteiger partial charge in [-0.2, -0.15) is 0 Å². The molecule has 0 aliphatic heterocycles. The van der Waals surface area contributed by atoms with Gasteiger partial charge in [-0.05, 0) is 32.0 Å². The average Bonchev–Trinajstić information content (AvgIpc) is 2.35. The fourth-order valence-electron chi connectivity index (χ4n) is 2.65. The van der Waals surface area contributed by atoms with Crippen LogP contribution < -0.4 is 5.32 Å². The van der Waals surface area contributed by atoms with Crippen molar-refractivity contribution in [3.63, 3.8) is 0 Å². The largest absolute Gasteiger partial charge is 0.392 e. The maximum absolute atomic E-state index is 9.44. The van der Waals surface area contributed by atoms with E-state index in [4.69, 9.17) is 0 Å². The van der Waals surface area contributed by atoms with Crippen LogP contribution in [-0.4, -0.2) is 42.8 Å². The molecular weight excluding hydrogens is 236 g/mol. The summed E-state index contributed by atoms with van der Waals surface area (Å²) < 4.78 is 0. The molecule has 0 heterocycles. The molecule has 2 N–H and O–H groups in total. The van der Waals surface area contributed by atoms with Crippen molar-refractivity contribution < 1.29 is 5.11 Å². The molecule has 0 aromatic heterocycles. The molecule has 19 heavy (non-hydrogen) atoms. The number of aliphatic hydroxyl groups is 1. The van der Waals surface area contributed by atoms with Crippen LogP contribution in [0.15, 0.2) is 30.3 Å². The summed E-state index contributed by atoms with van der Waals surface area (Å²) in [5.74, 6) is 0.492. The van der Waals surface area contributed by atoms with Crippen molar-refractivity contribution in [2.75, 3.05) is 26.7 Å². The predicted octanol–water partition coefficient (Wildman–Crippen LogP) is 2.29. The Hall–Kier alpha value is -0.900. The third kappa shape index (κ3) is 5.72. The van der Waals surface area contributed by atoms with Crippen LogP contribution >= 0.6 is 0 Å². The van der Waals surface area contributed by atoms with Crippen LogP contribution in [0.5, 0.6) is 0 Å². The Morgan fingerprint density at radius 2 is 1.79 bits per heavy atom. The molecular formula is C16H28N2O. The number of aliphatic hydroxyl groups excluding tert-OH is 1. The summed E-state index contributed by atoms with van der Waals surface area (Å²) in [7, 11) is 2.07. The Kier molecular flexibility index (Phi) is 7.06. The van der Waals surface area contributed by atoms with E-state index in [0.29, 0.717) is 12.0 Å². The van der Waals surface area contributed by atoms with E-state index in [-0.39, 0.29) is 6.10 Å². The molecule has 0 saturated carbocycles. The second kappa shape index (κ2) is 8.31. The third-order valence-corrected chi connectivity index (χ3v) is 3.33. The Bertz CT molecular complexity index is 340. The van der Waals surface area contributed by atoms with Crippen molar-refractivity contribution in [1.82, 2.24) is 10.2 Å². The van der Waals surface area contributed by atoms with Gasteiger partial charge >= 0.3 is 0 Å². The van der Waals surface area contributed by atoms with Gasteiger partial charge in [-0.25, -0.2) is 0 Å². The van der Waals surface area contributed by atoms with Crippen molar-refractivity contribution in [3.8, 4) is 0 Å². The van der Waals surface area contributed by atoms with Crippen LogP contribution in [0.4, 0.5) is 0 Å². The van der Waals surface area contributed by atoms with E-state index >= 15 is 0 Å². The monoisotopic (exact) mass is 264 g/mol. The van der Waals surface area contributed by atoms with Crippen molar-refractivity contribution in [2.45, 2.75) is 32.9 Å². The molecule has 108 valence electrons. The lowest BCUT2D eigenvalue weighted by molar-refractivity contribution is 0.128. The van der Waals surface area contributed by atoms with Gasteiger partial charge in [0, 0.05) is 19.1 Å². The predicted molar refractivity (Wildman–Crippen MR) is 81.2 cm³/mol. The molecule has 0 fully saturated rings. The molecule has 0 spiro atoms. The first-order chi connectivity index (χ1) is 9.04. The highest BCUT2D eigenvalue weighted by Gasteiger charge is 2.19. The molecule has 1 aromatic carbocycles. The van der Waals surface area contributed by atoms with Gasteiger partial charge in [0.15, 0.2) is 0 Å². The highest BCUT2D eigenvalue weighted by Crippen LogP contribution is 2.22. The zero-order chi connectivity index (χ0) is 14.3. The quantitative estimate of drug-likeness (QED) is 0.756. The van der Waals surface area contributed by atoms with E-state index in [1.165, 1.54) is 5.56 Å². The summed E-state index contributed by atoms with van der Waals surface area (Å²) >= 11 is 0. The van der Waals surface area contributed by atoms with Crippen LogP contribution in [0, 0.1) is 5.92 Å². The molecule has 1 aromatic rings. The second-order valence-corrected chi connectivity index (χ2v) is 5.49. The van der Waals surface area contributed by atoms with Crippen molar-refractivity contribution in [2.24, 2.45) is 5.92 Å². The topological polar surface area (TPSA) is 35.5 Å². The molecule has 1 rings (SSSR count). The van der Waals surface area contributed by atoms with Gasteiger partial charge in [0.05, 0.1) is 6.10 Å². The minimum Gasteiger partial charge on any atom is -0.392 e. The zero-order valence-electron chi connectivity index (χ0n) is 12.6. The summed E-state index contributed by atoms with van der Waals surface area (Å²) in [6.07, 6.45) is -0.272. The standard InChI is InChI=1S/C16H28N2O/c1-5-17-16(15-9-7-6-8-10-15)13(2)11-18(4)12-14(3)19/h6-10,13-14,16-17,19H,5,11-12H2,1-4H3. The molecule has 3 atom stereocenters. The average molecular weight is 264 g/mol. The summed E-state index contributed by atoms with van der Waals surface area (Å²) in [5.41, 5.74) is 1.34. The third-order valence-electron chi connectivity index (χ3n) is 3.33. The van der Waals surface area contributed by atoms with Crippen LogP contribution in [0.25, 0.3) is 0 Å². The number of likely N-dealkylation sites (N-methyl/N-ethyl adjacent to an activating group) is 1. The number of nitrogens with one attached hydrogen (secondary N) is 1. The van der Waals surface area contributed by atoms with Crippen LogP contribution in [0.2, 0.25) is 0 Å². The van der Waals surface area contributed by atoms with Crippen LogP contribution in [0.3, 0.4) is 0 Å². The Morgan fingerprint density at radius 1 is 1.16 bits per heavy atom. The van der Waals surface area contributed by atoms with Gasteiger partial charge in [0.25, 0.3) is 0 Å². The maximum Gasteiger partial charge on any atom is 0.0638 e. The lowest BCUT2D eigenvalue weighted by atomic mass is 9.94. The smallest absolute Gasteiger partial charge is 0.0638 e. The van der Waals surface area contributed by atoms with Gasteiger partial charge in [0.1, 0.15) is 0 Å². The summed E-state index contributed by atoms with van der Waals surface area (Å²) in [5, 5.41) is 13.0. The van der Waals surface area contributed by atoms with Gasteiger partial charge < -0.3 is 15.3 Å². The van der Waals surface area contributed by atoms with E-state index in [0.717, 1.165) is 19.6 Å². The highest BCUT2D eigenvalue weighted by atomic mass is 16.3. The van der Waals surface area contributed by atoms with Gasteiger partial charge in [-0.3, -0.25) is 0 Å². The van der Waals surface area contributed by atoms with Crippen molar-refractivity contribution in [3.05, 3.63) is 35.9 Å². The Balaban J connectivity index is 2.65. The van der Waals surface area contributed by atoms with E-state index in [1.807, 2.05) is 6.92 Å². The Labute approximate surface area is 117 Å². The lowest BCUT2D eigenvalue weighted by Crippen LogP contribution is -2.36. The molecule has 0 radical (unpaired) electrons. The van der Waals surface area contributed by atoms with E-state index in [1.54, 1.807) is 0 Å². The fraction of sp³-hybridized carbons (Fsp3) is 0.625. The summed E-state index contributed by atoms with van der Waals surface area (Å²) in [6.45, 7) is 8.89. The van der Waals surface area contributed by atoms with Crippen molar-refractivity contribution >= 4 is 0 Å². The molecule has 3 nitrogen and oxygen atoms in total. The fourth-order valence-corrected chi connectivity index (χ4v) is 2.65. The van der Waals surface area contributed by atoms with Gasteiger partial charge in [-0.15, -0.1) is 0 Å². The first-order valence-corrected chi connectivity index (χ1v) is 7.19. The van der Waals surface area contributed by atoms with Gasteiger partial charge in [0.2, 0.25) is 0 Å². The van der Waals surface area contributed by atoms with E-state index < -0.39 is 0 Å². The molecule has 0 saturated heterocycles. The molecule has 0 aliphatic rings. The normalized spacial score (nSPS) is 16.3. The first kappa shape index (κ1) is 16.2. The van der Waals surface area contributed by atoms with Crippen molar-refractivity contribution in [1.29, 1.82) is 0 Å².